The summed E-state index contributed by atoms with van der Waals surface area (Å²) in [6, 6.07) is 7.37. The number of rotatable bonds is 3. The van der Waals surface area contributed by atoms with Gasteiger partial charge in [0.05, 0.1) is 12.5 Å². The summed E-state index contributed by atoms with van der Waals surface area (Å²) in [6.07, 6.45) is 3.36. The molecule has 0 aliphatic heterocycles. The minimum Gasteiger partial charge on any atom is -0.508 e. The first-order chi connectivity index (χ1) is 7.25. The topological polar surface area (TPSA) is 45.4 Å². The zero-order chi connectivity index (χ0) is 10.7. The number of benzene rings is 1. The molecule has 1 aromatic carbocycles. The number of aryl methyl sites for hydroxylation is 1. The zero-order valence-corrected chi connectivity index (χ0v) is 8.53. The van der Waals surface area contributed by atoms with Crippen molar-refractivity contribution in [3.63, 3.8) is 0 Å². The molecule has 15 heavy (non-hydrogen) atoms. The monoisotopic (exact) mass is 203 g/mol. The number of hydrogen-bond donors (Lipinski definition) is 2. The minimum absolute atomic E-state index is 0.323. The van der Waals surface area contributed by atoms with Crippen LogP contribution in [0.2, 0.25) is 0 Å². The average Bonchev–Trinajstić information content (AvgIpc) is 2.73. The minimum atomic E-state index is 0.323. The smallest absolute Gasteiger partial charge is 0.118 e. The van der Waals surface area contributed by atoms with E-state index in [1.807, 2.05) is 25.1 Å². The van der Waals surface area contributed by atoms with E-state index in [1.165, 1.54) is 0 Å². The van der Waals surface area contributed by atoms with Gasteiger partial charge in [0.15, 0.2) is 0 Å². The molecule has 0 atom stereocenters. The first-order valence-electron chi connectivity index (χ1n) is 4.80. The highest BCUT2D eigenvalue weighted by Gasteiger charge is 1.98. The molecule has 2 rings (SSSR count). The molecule has 78 valence electrons. The molecule has 0 unspecified atom stereocenters. The first-order valence-corrected chi connectivity index (χ1v) is 4.80. The lowest BCUT2D eigenvalue weighted by Crippen LogP contribution is -1.97. The van der Waals surface area contributed by atoms with Gasteiger partial charge in [0.1, 0.15) is 5.75 Å². The highest BCUT2D eigenvalue weighted by molar-refractivity contribution is 5.50. The van der Waals surface area contributed by atoms with Gasteiger partial charge in [-0.05, 0) is 36.8 Å². The maximum Gasteiger partial charge on any atom is 0.118 e. The number of aromatic hydroxyl groups is 1. The van der Waals surface area contributed by atoms with E-state index < -0.39 is 0 Å². The van der Waals surface area contributed by atoms with Crippen LogP contribution in [-0.4, -0.2) is 5.11 Å². The van der Waals surface area contributed by atoms with Crippen molar-refractivity contribution in [2.45, 2.75) is 13.5 Å². The molecule has 2 N–H and O–H groups in total. The van der Waals surface area contributed by atoms with Crippen LogP contribution in [0.3, 0.4) is 0 Å². The van der Waals surface area contributed by atoms with E-state index in [0.29, 0.717) is 5.75 Å². The highest BCUT2D eigenvalue weighted by atomic mass is 16.3. The molecule has 0 amide bonds. The van der Waals surface area contributed by atoms with Gasteiger partial charge in [-0.2, -0.15) is 0 Å². The molecule has 0 aliphatic rings. The van der Waals surface area contributed by atoms with E-state index in [2.05, 4.69) is 5.32 Å². The van der Waals surface area contributed by atoms with Gasteiger partial charge in [-0.1, -0.05) is 0 Å². The average molecular weight is 203 g/mol. The van der Waals surface area contributed by atoms with Crippen molar-refractivity contribution >= 4 is 5.69 Å². The van der Waals surface area contributed by atoms with Crippen molar-refractivity contribution < 1.29 is 9.52 Å². The number of hydrogen-bond acceptors (Lipinski definition) is 3. The van der Waals surface area contributed by atoms with E-state index in [0.717, 1.165) is 23.4 Å². The van der Waals surface area contributed by atoms with Crippen LogP contribution in [0.1, 0.15) is 11.1 Å². The van der Waals surface area contributed by atoms with E-state index in [1.54, 1.807) is 18.6 Å². The Morgan fingerprint density at radius 3 is 2.87 bits per heavy atom. The van der Waals surface area contributed by atoms with Crippen LogP contribution < -0.4 is 5.32 Å². The normalized spacial score (nSPS) is 10.2. The van der Waals surface area contributed by atoms with Crippen molar-refractivity contribution in [1.29, 1.82) is 0 Å². The van der Waals surface area contributed by atoms with Gasteiger partial charge < -0.3 is 14.8 Å². The van der Waals surface area contributed by atoms with Gasteiger partial charge in [-0.25, -0.2) is 0 Å². The van der Waals surface area contributed by atoms with E-state index in [9.17, 15) is 5.11 Å². The molecule has 0 spiro atoms. The van der Waals surface area contributed by atoms with Crippen LogP contribution in [0.4, 0.5) is 5.69 Å². The molecule has 0 radical (unpaired) electrons. The third-order valence-electron chi connectivity index (χ3n) is 2.27. The summed E-state index contributed by atoms with van der Waals surface area (Å²) < 4.78 is 4.97. The second-order valence-electron chi connectivity index (χ2n) is 3.49. The van der Waals surface area contributed by atoms with Gasteiger partial charge in [0.25, 0.3) is 0 Å². The summed E-state index contributed by atoms with van der Waals surface area (Å²) in [4.78, 5) is 0. The summed E-state index contributed by atoms with van der Waals surface area (Å²) in [6.45, 7) is 2.60. The molecule has 2 aromatic rings. The predicted octanol–water partition coefficient (Wildman–Crippen LogP) is 2.91. The largest absolute Gasteiger partial charge is 0.508 e. The fraction of sp³-hybridized carbons (Fsp3) is 0.167. The molecule has 0 aliphatic carbocycles. The molecule has 0 saturated heterocycles. The third kappa shape index (κ3) is 2.31. The second-order valence-corrected chi connectivity index (χ2v) is 3.49. The quantitative estimate of drug-likeness (QED) is 0.754. The highest BCUT2D eigenvalue weighted by Crippen LogP contribution is 2.20. The van der Waals surface area contributed by atoms with Crippen molar-refractivity contribution in [3.05, 3.63) is 47.9 Å². The summed E-state index contributed by atoms with van der Waals surface area (Å²) >= 11 is 0. The van der Waals surface area contributed by atoms with Crippen molar-refractivity contribution in [2.75, 3.05) is 5.32 Å². The van der Waals surface area contributed by atoms with E-state index >= 15 is 0 Å². The third-order valence-corrected chi connectivity index (χ3v) is 2.27. The van der Waals surface area contributed by atoms with Gasteiger partial charge in [0.2, 0.25) is 0 Å². The molecule has 3 heteroatoms. The fourth-order valence-corrected chi connectivity index (χ4v) is 1.36. The number of nitrogens with one attached hydrogen (secondary N) is 1. The number of anilines is 1. The lowest BCUT2D eigenvalue weighted by Gasteiger charge is -2.06. The Labute approximate surface area is 88.4 Å². The van der Waals surface area contributed by atoms with Gasteiger partial charge >= 0.3 is 0 Å². The Morgan fingerprint density at radius 2 is 2.20 bits per heavy atom. The molecular formula is C12H13NO2. The van der Waals surface area contributed by atoms with Gasteiger partial charge in [-0.3, -0.25) is 0 Å². The van der Waals surface area contributed by atoms with Gasteiger partial charge in [0, 0.05) is 17.8 Å². The Morgan fingerprint density at radius 1 is 1.33 bits per heavy atom. The van der Waals surface area contributed by atoms with Crippen molar-refractivity contribution in [2.24, 2.45) is 0 Å². The summed E-state index contributed by atoms with van der Waals surface area (Å²) in [5.74, 6) is 0.323. The Kier molecular flexibility index (Phi) is 2.63. The molecule has 0 fully saturated rings. The van der Waals surface area contributed by atoms with Crippen LogP contribution >= 0.6 is 0 Å². The fourth-order valence-electron chi connectivity index (χ4n) is 1.36. The number of furan rings is 1. The van der Waals surface area contributed by atoms with Crippen LogP contribution in [-0.2, 0) is 6.54 Å². The summed E-state index contributed by atoms with van der Waals surface area (Å²) in [5, 5.41) is 12.6. The molecule has 3 nitrogen and oxygen atoms in total. The lowest BCUT2D eigenvalue weighted by atomic mass is 10.2. The second kappa shape index (κ2) is 4.09. The predicted molar refractivity (Wildman–Crippen MR) is 58.9 cm³/mol. The Hall–Kier alpha value is -1.90. The molecule has 1 aromatic heterocycles. The standard InChI is InChI=1S/C12H13NO2/c1-9-6-11(2-3-12(9)14)13-7-10-4-5-15-8-10/h2-6,8,13-14H,7H2,1H3. The SMILES string of the molecule is Cc1cc(NCc2ccoc2)ccc1O. The van der Waals surface area contributed by atoms with E-state index in [-0.39, 0.29) is 0 Å². The number of phenols is 1. The lowest BCUT2D eigenvalue weighted by molar-refractivity contribution is 0.471. The zero-order valence-electron chi connectivity index (χ0n) is 8.53. The molecule has 0 bridgehead atoms. The Balaban J connectivity index is 2.02. The Bertz CT molecular complexity index is 435. The molecular weight excluding hydrogens is 190 g/mol. The maximum atomic E-state index is 9.35. The maximum absolute atomic E-state index is 9.35. The summed E-state index contributed by atoms with van der Waals surface area (Å²) in [7, 11) is 0. The van der Waals surface area contributed by atoms with Crippen molar-refractivity contribution in [3.8, 4) is 5.75 Å². The van der Waals surface area contributed by atoms with Gasteiger partial charge in [-0.15, -0.1) is 0 Å². The summed E-state index contributed by atoms with van der Waals surface area (Å²) in [5.41, 5.74) is 2.96. The molecule has 1 heterocycles. The van der Waals surface area contributed by atoms with Crippen LogP contribution in [0.5, 0.6) is 5.75 Å². The number of phenolic OH excluding ortho intramolecular Hbond substituents is 1. The van der Waals surface area contributed by atoms with Crippen LogP contribution in [0.25, 0.3) is 0 Å². The first kappa shape index (κ1) is 9.65. The van der Waals surface area contributed by atoms with Crippen LogP contribution in [0.15, 0.2) is 41.2 Å². The van der Waals surface area contributed by atoms with Crippen LogP contribution in [0, 0.1) is 6.92 Å². The van der Waals surface area contributed by atoms with Crippen molar-refractivity contribution in [1.82, 2.24) is 0 Å². The molecule has 0 saturated carbocycles. The van der Waals surface area contributed by atoms with E-state index in [4.69, 9.17) is 4.42 Å².